The molecule has 8 aliphatic heterocycles. The fraction of sp³-hybridized carbons (Fsp3) is 0.926. The van der Waals surface area contributed by atoms with Crippen molar-refractivity contribution in [3.05, 3.63) is 11.6 Å². The van der Waals surface area contributed by atoms with Crippen LogP contribution in [0.15, 0.2) is 11.6 Å². The van der Waals surface area contributed by atoms with Crippen molar-refractivity contribution in [2.45, 2.75) is 456 Å². The minimum absolute atomic E-state index is 0.0200. The Hall–Kier alpha value is -4.23. The van der Waals surface area contributed by atoms with E-state index in [0.717, 1.165) is 11.9 Å². The third-order valence-corrected chi connectivity index (χ3v) is 33.9. The number of aliphatic hydroxyl groups is 23. The van der Waals surface area contributed by atoms with Crippen molar-refractivity contribution >= 4 is 30.2 Å². The largest absolute Gasteiger partial charge is 0.479 e. The number of aliphatic carboxylic acids is 1. The van der Waals surface area contributed by atoms with Crippen LogP contribution in [-0.2, 0) is 109 Å². The van der Waals surface area contributed by atoms with Crippen molar-refractivity contribution in [3.63, 3.8) is 0 Å². The van der Waals surface area contributed by atoms with Crippen LogP contribution in [0.4, 0.5) is 0 Å². The van der Waals surface area contributed by atoms with E-state index < -0.39 is 383 Å². The van der Waals surface area contributed by atoms with Gasteiger partial charge in [-0.15, -0.1) is 0 Å². The summed E-state index contributed by atoms with van der Waals surface area (Å²) in [5, 5.41) is 268. The van der Waals surface area contributed by atoms with E-state index in [9.17, 15) is 142 Å². The van der Waals surface area contributed by atoms with Crippen molar-refractivity contribution in [3.8, 4) is 0 Å². The Balaban J connectivity index is 0.779. The van der Waals surface area contributed by atoms with E-state index in [1.165, 1.54) is 20.8 Å². The predicted octanol–water partition coefficient (Wildman–Crippen LogP) is -5.94. The number of carboxylic acid groups (broad SMARTS) is 1. The van der Waals surface area contributed by atoms with Crippen molar-refractivity contribution < 1.29 is 232 Å². The molecular weight excluding hydrogens is 1880 g/mol. The SMILES string of the molecule is CC[C@H](C)[C@H](C[C@H](O)CC(=O)O[C@@H]1[C@H](O)[C@@H](O[C@@H]2O[C@@H](C)[C@H](O[C@@H]3OC[C@@H](O)[C@H](O)[C@H]3O)[C@@H](O[C@@H]3O[C@H](CO)[C@@H](O)[C@H](O)[C@H]3O)[C@H]2O)[C@H](OC(=O)[C@]23CCC(C)(C)C[C@H]2C2=CC[C@@H]4[C@@]5(C)CC[C@H](O[C@@H]6O[C@H](C(=O)O)[C@@H](O)[C@H](O[C@@H]7O[C@@H](C)[C@H](O)[C@@H](O)[C@H]7O)[C@H]6O[C@@H]6O[C@H](CO)[C@H](O)[C@H](O)[C@H]6O)[C@@](C)(C=O)[C@@H]5CC[C@@]4(C)[C@]2(C)C[C@H]3O)O[C@@H]1C)OC(=O)C[C@@H](O)C[C@H](O[C@@H]1O[C@@H](CO)[C@H](O)[C@H]1O)[C@@H](C)CC. The quantitative estimate of drug-likeness (QED) is 0.00924. The zero-order chi connectivity index (χ0) is 104. The van der Waals surface area contributed by atoms with Crippen molar-refractivity contribution in [2.24, 2.45) is 62.1 Å². The van der Waals surface area contributed by atoms with E-state index in [1.807, 2.05) is 27.7 Å². The molecule has 8 saturated heterocycles. The fourth-order valence-electron chi connectivity index (χ4n) is 24.6. The topological polar surface area (TPSA) is 737 Å². The summed E-state index contributed by atoms with van der Waals surface area (Å²) in [6, 6.07) is 0. The van der Waals surface area contributed by atoms with Gasteiger partial charge in [0.2, 0.25) is 6.29 Å². The molecule has 0 radical (unpaired) electrons. The normalized spacial score (nSPS) is 49.1. The molecular formula is C94H152O47. The molecule has 810 valence electrons. The molecule has 5 aliphatic carbocycles. The molecule has 0 unspecified atom stereocenters. The van der Waals surface area contributed by atoms with E-state index in [2.05, 4.69) is 19.9 Å². The molecule has 0 spiro atoms. The average molecular weight is 2030 g/mol. The van der Waals surface area contributed by atoms with Gasteiger partial charge in [0.15, 0.2) is 62.3 Å². The van der Waals surface area contributed by atoms with Crippen LogP contribution in [0.3, 0.4) is 0 Å². The number of allylic oxidation sites excluding steroid dienone is 2. The second kappa shape index (κ2) is 45.5. The number of rotatable bonds is 35. The van der Waals surface area contributed by atoms with E-state index in [0.29, 0.717) is 32.1 Å². The first-order valence-electron chi connectivity index (χ1n) is 49.4. The Morgan fingerprint density at radius 1 is 0.461 bits per heavy atom. The van der Waals surface area contributed by atoms with Crippen LogP contribution in [0.2, 0.25) is 0 Å². The van der Waals surface area contributed by atoms with Gasteiger partial charge >= 0.3 is 23.9 Å². The Morgan fingerprint density at radius 2 is 0.950 bits per heavy atom. The van der Waals surface area contributed by atoms with Crippen LogP contribution in [0, 0.1) is 62.1 Å². The van der Waals surface area contributed by atoms with Gasteiger partial charge in [0, 0.05) is 12.8 Å². The minimum Gasteiger partial charge on any atom is -0.479 e. The highest BCUT2D eigenvalue weighted by molar-refractivity contribution is 5.80. The summed E-state index contributed by atoms with van der Waals surface area (Å²) in [6.45, 7) is 19.9. The van der Waals surface area contributed by atoms with Crippen LogP contribution in [0.1, 0.15) is 186 Å². The van der Waals surface area contributed by atoms with E-state index in [-0.39, 0.29) is 63.2 Å². The van der Waals surface area contributed by atoms with Gasteiger partial charge in [-0.1, -0.05) is 93.7 Å². The van der Waals surface area contributed by atoms with Gasteiger partial charge in [-0.05, 0) is 130 Å². The van der Waals surface area contributed by atoms with Gasteiger partial charge in [0.05, 0.1) is 93.5 Å². The number of ether oxygens (including phenoxy) is 18. The number of hydrogen-bond donors (Lipinski definition) is 24. The maximum absolute atomic E-state index is 16.5. The summed E-state index contributed by atoms with van der Waals surface area (Å²) in [7, 11) is 0. The molecule has 13 aliphatic rings. The van der Waals surface area contributed by atoms with Gasteiger partial charge < -0.3 is 213 Å². The lowest BCUT2D eigenvalue weighted by Gasteiger charge is -2.71. The zero-order valence-electron chi connectivity index (χ0n) is 81.5. The fourth-order valence-corrected chi connectivity index (χ4v) is 24.6. The Labute approximate surface area is 815 Å². The van der Waals surface area contributed by atoms with Gasteiger partial charge in [-0.2, -0.15) is 0 Å². The lowest BCUT2D eigenvalue weighted by molar-refractivity contribution is -0.395. The lowest BCUT2D eigenvalue weighted by Crippen LogP contribution is -2.69. The smallest absolute Gasteiger partial charge is 0.335 e. The first-order chi connectivity index (χ1) is 66.2. The summed E-state index contributed by atoms with van der Waals surface area (Å²) in [5.74, 6) is -7.48. The molecule has 8 heterocycles. The number of aliphatic hydroxyl groups excluding tert-OH is 23. The molecule has 141 heavy (non-hydrogen) atoms. The van der Waals surface area contributed by atoms with E-state index in [4.69, 9.17) is 85.3 Å². The Morgan fingerprint density at radius 3 is 1.53 bits per heavy atom. The summed E-state index contributed by atoms with van der Waals surface area (Å²) in [5.41, 5.74) is -5.76. The van der Waals surface area contributed by atoms with Crippen molar-refractivity contribution in [2.75, 3.05) is 26.4 Å². The molecule has 0 aromatic rings. The van der Waals surface area contributed by atoms with Crippen LogP contribution in [0.25, 0.3) is 0 Å². The summed E-state index contributed by atoms with van der Waals surface area (Å²) in [6.07, 6.45) is -75.9. The summed E-state index contributed by atoms with van der Waals surface area (Å²) >= 11 is 0. The highest BCUT2D eigenvalue weighted by Crippen LogP contribution is 2.76. The van der Waals surface area contributed by atoms with Gasteiger partial charge in [-0.3, -0.25) is 14.4 Å². The molecule has 0 aromatic carbocycles. The maximum Gasteiger partial charge on any atom is 0.335 e. The number of esters is 3. The standard InChI is InChI=1S/C94H152O47/c1-14-35(3)45(128-54(103)26-41(100)25-46(36(4)15-2)129-82-65(114)60(109)49(32-97)130-82)24-40(99)27-55(104)134-72-38(6)127-86(77(69(72)118)139-85-71(120)75(137-83-67(116)62(111)58(107)47(30-95)131-83)73(39(7)126-85)135-80-64(113)57(106)44(101)33-124-80)141-88(123)94-23-22-89(8,9)28-43(94)42-16-17-51-90(10)20-19-53(91(11,34-98)50(90)18-21-92(51,12)93(42,13)29-52(94)102)133-87-78(140-84-68(117)63(112)59(108)48(31-96)132-84)74(70(119)76(138-87)79(121)122)136-81-66(115)61(110)56(105)37(5)125-81/h16,34-41,43-53,56-78,80-87,95-97,99-102,105-120H,14-15,17-33H2,1-13H3,(H,121,122)/t35-,36-,37-,38+,39-,40-,41-,43-,44+,45-,46-,47+,48+,49-,50+,51+,52+,53-,56-,57-,58+,59-,60-,61+,62-,63-,64+,65+,66+,67+,68+,69-,70-,71+,72-,73-,74-,75-,76-,77+,78+,80-,81-,82+,83-,84-,85-,86-,87+,90-,91-,92+,93+,94+/m0/s1. The van der Waals surface area contributed by atoms with Crippen LogP contribution >= 0.6 is 0 Å². The Bertz CT molecular complexity index is 4170. The number of hydrogen-bond acceptors (Lipinski definition) is 46. The number of carbonyl (C=O) groups excluding carboxylic acids is 4. The number of carboxylic acids is 1. The molecule has 47 heteroatoms. The van der Waals surface area contributed by atoms with Crippen molar-refractivity contribution in [1.82, 2.24) is 0 Å². The molecule has 0 aromatic heterocycles. The van der Waals surface area contributed by atoms with Gasteiger partial charge in [0.25, 0.3) is 0 Å². The zero-order valence-corrected chi connectivity index (χ0v) is 81.5. The molecule has 0 amide bonds. The predicted molar refractivity (Wildman–Crippen MR) is 469 cm³/mol. The lowest BCUT2D eigenvalue weighted by atomic mass is 9.33. The molecule has 4 saturated carbocycles. The summed E-state index contributed by atoms with van der Waals surface area (Å²) < 4.78 is 110. The second-order valence-corrected chi connectivity index (χ2v) is 43.3. The van der Waals surface area contributed by atoms with Crippen LogP contribution in [-0.4, -0.2) is 449 Å². The molecule has 12 fully saturated rings. The molecule has 0 bridgehead atoms. The van der Waals surface area contributed by atoms with Crippen molar-refractivity contribution in [1.29, 1.82) is 0 Å². The highest BCUT2D eigenvalue weighted by Gasteiger charge is 2.74. The monoisotopic (exact) mass is 2030 g/mol. The number of aldehydes is 1. The van der Waals surface area contributed by atoms with E-state index in [1.54, 1.807) is 27.7 Å². The van der Waals surface area contributed by atoms with Gasteiger partial charge in [0.1, 0.15) is 164 Å². The highest BCUT2D eigenvalue weighted by atomic mass is 16.8. The maximum atomic E-state index is 16.5. The third-order valence-electron chi connectivity index (χ3n) is 33.9. The average Bonchev–Trinajstić information content (AvgIpc) is 0.769. The minimum atomic E-state index is -2.31. The van der Waals surface area contributed by atoms with Crippen LogP contribution in [0.5, 0.6) is 0 Å². The number of fused-ring (bicyclic) bond motifs is 7. The molecule has 24 N–H and O–H groups in total. The first kappa shape index (κ1) is 114. The van der Waals surface area contributed by atoms with Crippen LogP contribution < -0.4 is 0 Å². The number of carbonyl (C=O) groups is 5. The van der Waals surface area contributed by atoms with E-state index >= 15 is 4.79 Å². The van der Waals surface area contributed by atoms with Gasteiger partial charge in [-0.25, -0.2) is 4.79 Å². The Kier molecular flexibility index (Phi) is 36.8. The second-order valence-electron chi connectivity index (χ2n) is 43.3. The molecule has 13 rings (SSSR count). The first-order valence-corrected chi connectivity index (χ1v) is 49.4. The molecule has 54 atom stereocenters. The third kappa shape index (κ3) is 22.2. The summed E-state index contributed by atoms with van der Waals surface area (Å²) in [4.78, 5) is 72.6. The molecule has 47 nitrogen and oxygen atoms in total.